The van der Waals surface area contributed by atoms with E-state index in [0.717, 1.165) is 22.6 Å². The molecule has 0 saturated heterocycles. The molecule has 0 radical (unpaired) electrons. The largest absolute Gasteiger partial charge is 0.497 e. The van der Waals surface area contributed by atoms with Crippen LogP contribution in [0.1, 0.15) is 35.5 Å². The Morgan fingerprint density at radius 1 is 1.03 bits per heavy atom. The number of aromatic nitrogens is 2. The van der Waals surface area contributed by atoms with Gasteiger partial charge in [-0.1, -0.05) is 30.3 Å². The van der Waals surface area contributed by atoms with Gasteiger partial charge in [0.05, 0.1) is 26.5 Å². The SMILES string of the molecule is COc1cc(OC)cc(C(=O)N2CCc3nc(-c4ccccc4)nc(N(C)C(C)C)c3C2)c1. The zero-order valence-electron chi connectivity index (χ0n) is 19.8. The molecule has 1 aliphatic heterocycles. The third-order valence-corrected chi connectivity index (χ3v) is 6.06. The summed E-state index contributed by atoms with van der Waals surface area (Å²) in [5.74, 6) is 2.70. The van der Waals surface area contributed by atoms with Gasteiger partial charge in [-0.05, 0) is 26.0 Å². The number of ether oxygens (including phenoxy) is 2. The minimum atomic E-state index is -0.0665. The molecule has 4 rings (SSSR count). The Morgan fingerprint density at radius 3 is 2.30 bits per heavy atom. The van der Waals surface area contributed by atoms with Crippen molar-refractivity contribution >= 4 is 11.7 Å². The van der Waals surface area contributed by atoms with E-state index in [0.29, 0.717) is 42.4 Å². The van der Waals surface area contributed by atoms with Gasteiger partial charge in [0.15, 0.2) is 5.82 Å². The smallest absolute Gasteiger partial charge is 0.254 e. The van der Waals surface area contributed by atoms with Gasteiger partial charge in [0.1, 0.15) is 17.3 Å². The maximum atomic E-state index is 13.4. The zero-order valence-corrected chi connectivity index (χ0v) is 19.8. The Morgan fingerprint density at radius 2 is 1.70 bits per heavy atom. The number of hydrogen-bond donors (Lipinski definition) is 0. The number of amides is 1. The molecule has 172 valence electrons. The number of benzene rings is 2. The van der Waals surface area contributed by atoms with Gasteiger partial charge in [-0.2, -0.15) is 0 Å². The third-order valence-electron chi connectivity index (χ3n) is 6.06. The molecule has 1 amide bonds. The van der Waals surface area contributed by atoms with Crippen molar-refractivity contribution in [1.82, 2.24) is 14.9 Å². The summed E-state index contributed by atoms with van der Waals surface area (Å²) >= 11 is 0. The standard InChI is InChI=1S/C26H30N4O3/c1-17(2)29(3)25-22-16-30(26(31)19-13-20(32-4)15-21(14-19)33-5)12-11-23(22)27-24(28-25)18-9-7-6-8-10-18/h6-10,13-15,17H,11-12,16H2,1-5H3. The number of anilines is 1. The summed E-state index contributed by atoms with van der Waals surface area (Å²) < 4.78 is 10.7. The van der Waals surface area contributed by atoms with Crippen molar-refractivity contribution < 1.29 is 14.3 Å². The Kier molecular flexibility index (Phi) is 6.49. The molecule has 3 aromatic rings. The highest BCUT2D eigenvalue weighted by Crippen LogP contribution is 2.31. The van der Waals surface area contributed by atoms with E-state index in [1.54, 1.807) is 32.4 Å². The van der Waals surface area contributed by atoms with E-state index in [1.807, 2.05) is 42.3 Å². The lowest BCUT2D eigenvalue weighted by molar-refractivity contribution is 0.0733. The molecular formula is C26H30N4O3. The maximum absolute atomic E-state index is 13.4. The highest BCUT2D eigenvalue weighted by Gasteiger charge is 2.28. The van der Waals surface area contributed by atoms with Crippen molar-refractivity contribution in [3.63, 3.8) is 0 Å². The summed E-state index contributed by atoms with van der Waals surface area (Å²) in [6.45, 7) is 5.30. The highest BCUT2D eigenvalue weighted by molar-refractivity contribution is 5.95. The minimum absolute atomic E-state index is 0.0665. The van der Waals surface area contributed by atoms with Crippen LogP contribution >= 0.6 is 0 Å². The van der Waals surface area contributed by atoms with Crippen molar-refractivity contribution in [1.29, 1.82) is 0 Å². The fourth-order valence-corrected chi connectivity index (χ4v) is 3.94. The third kappa shape index (κ3) is 4.62. The summed E-state index contributed by atoms with van der Waals surface area (Å²) in [5, 5.41) is 0. The molecule has 0 N–H and O–H groups in total. The average molecular weight is 447 g/mol. The molecule has 0 bridgehead atoms. The van der Waals surface area contributed by atoms with E-state index in [4.69, 9.17) is 19.4 Å². The lowest BCUT2D eigenvalue weighted by Crippen LogP contribution is -2.38. The summed E-state index contributed by atoms with van der Waals surface area (Å²) in [5.41, 5.74) is 3.52. The van der Waals surface area contributed by atoms with Gasteiger partial charge in [-0.25, -0.2) is 9.97 Å². The van der Waals surface area contributed by atoms with Gasteiger partial charge >= 0.3 is 0 Å². The lowest BCUT2D eigenvalue weighted by atomic mass is 10.0. The van der Waals surface area contributed by atoms with Crippen LogP contribution in [-0.2, 0) is 13.0 Å². The average Bonchev–Trinajstić information content (AvgIpc) is 2.86. The number of nitrogens with zero attached hydrogens (tertiary/aromatic N) is 4. The first kappa shape index (κ1) is 22.6. The Bertz CT molecular complexity index is 1130. The fourth-order valence-electron chi connectivity index (χ4n) is 3.94. The van der Waals surface area contributed by atoms with E-state index in [9.17, 15) is 4.79 Å². The number of hydrogen-bond acceptors (Lipinski definition) is 6. The van der Waals surface area contributed by atoms with Crippen LogP contribution in [0, 0.1) is 0 Å². The van der Waals surface area contributed by atoms with Crippen LogP contribution in [0.25, 0.3) is 11.4 Å². The summed E-state index contributed by atoms with van der Waals surface area (Å²) in [7, 11) is 5.20. The molecule has 33 heavy (non-hydrogen) atoms. The van der Waals surface area contributed by atoms with E-state index in [2.05, 4.69) is 18.7 Å². The summed E-state index contributed by atoms with van der Waals surface area (Å²) in [6.07, 6.45) is 0.670. The predicted molar refractivity (Wildman–Crippen MR) is 129 cm³/mol. The molecule has 0 saturated carbocycles. The van der Waals surface area contributed by atoms with Gasteiger partial charge in [-0.3, -0.25) is 4.79 Å². The van der Waals surface area contributed by atoms with Gasteiger partial charge in [-0.15, -0.1) is 0 Å². The topological polar surface area (TPSA) is 67.8 Å². The van der Waals surface area contributed by atoms with Crippen LogP contribution in [0.3, 0.4) is 0 Å². The number of carbonyl (C=O) groups is 1. The van der Waals surface area contributed by atoms with Gasteiger partial charge in [0, 0.05) is 48.8 Å². The number of carbonyl (C=O) groups excluding carboxylic acids is 1. The highest BCUT2D eigenvalue weighted by atomic mass is 16.5. The van der Waals surface area contributed by atoms with E-state index in [1.165, 1.54) is 0 Å². The first-order chi connectivity index (χ1) is 15.9. The molecule has 0 aliphatic carbocycles. The quantitative estimate of drug-likeness (QED) is 0.565. The van der Waals surface area contributed by atoms with E-state index >= 15 is 0 Å². The minimum Gasteiger partial charge on any atom is -0.497 e. The van der Waals surface area contributed by atoms with Crippen LogP contribution in [0.15, 0.2) is 48.5 Å². The molecular weight excluding hydrogens is 416 g/mol. The fraction of sp³-hybridized carbons (Fsp3) is 0.346. The van der Waals surface area contributed by atoms with Gasteiger partial charge in [0.2, 0.25) is 0 Å². The molecule has 0 atom stereocenters. The molecule has 2 aromatic carbocycles. The van der Waals surface area contributed by atoms with Crippen molar-refractivity contribution in [2.75, 3.05) is 32.7 Å². The van der Waals surface area contributed by atoms with Gasteiger partial charge in [0.25, 0.3) is 5.91 Å². The molecule has 7 nitrogen and oxygen atoms in total. The van der Waals surface area contributed by atoms with Gasteiger partial charge < -0.3 is 19.3 Å². The number of methoxy groups -OCH3 is 2. The van der Waals surface area contributed by atoms with Crippen LogP contribution in [0.2, 0.25) is 0 Å². The van der Waals surface area contributed by atoms with Crippen LogP contribution in [0.4, 0.5) is 5.82 Å². The second kappa shape index (κ2) is 9.48. The van der Waals surface area contributed by atoms with E-state index < -0.39 is 0 Å². The van der Waals surface area contributed by atoms with Crippen molar-refractivity contribution in [3.8, 4) is 22.9 Å². The van der Waals surface area contributed by atoms with Crippen molar-refractivity contribution in [3.05, 3.63) is 65.4 Å². The molecule has 7 heteroatoms. The molecule has 0 spiro atoms. The van der Waals surface area contributed by atoms with Crippen LogP contribution in [0.5, 0.6) is 11.5 Å². The molecule has 0 fully saturated rings. The zero-order chi connectivity index (χ0) is 23.5. The monoisotopic (exact) mass is 446 g/mol. The first-order valence-electron chi connectivity index (χ1n) is 11.1. The second-order valence-electron chi connectivity index (χ2n) is 8.44. The molecule has 1 aromatic heterocycles. The number of rotatable bonds is 6. The predicted octanol–water partition coefficient (Wildman–Crippen LogP) is 4.20. The Labute approximate surface area is 195 Å². The Hall–Kier alpha value is -3.61. The van der Waals surface area contributed by atoms with Crippen molar-refractivity contribution in [2.24, 2.45) is 0 Å². The van der Waals surface area contributed by atoms with E-state index in [-0.39, 0.29) is 11.9 Å². The summed E-state index contributed by atoms with van der Waals surface area (Å²) in [6, 6.07) is 15.5. The lowest BCUT2D eigenvalue weighted by Gasteiger charge is -2.33. The number of fused-ring (bicyclic) bond motifs is 1. The maximum Gasteiger partial charge on any atom is 0.254 e. The molecule has 1 aliphatic rings. The second-order valence-corrected chi connectivity index (χ2v) is 8.44. The van der Waals surface area contributed by atoms with Crippen LogP contribution in [-0.4, -0.2) is 54.6 Å². The first-order valence-corrected chi connectivity index (χ1v) is 11.1. The van der Waals surface area contributed by atoms with Crippen LogP contribution < -0.4 is 14.4 Å². The van der Waals surface area contributed by atoms with Crippen molar-refractivity contribution in [2.45, 2.75) is 32.9 Å². The Balaban J connectivity index is 1.71. The molecule has 0 unspecified atom stereocenters. The molecule has 2 heterocycles. The summed E-state index contributed by atoms with van der Waals surface area (Å²) in [4.78, 5) is 27.2. The normalized spacial score (nSPS) is 13.0.